The predicted molar refractivity (Wildman–Crippen MR) is 95.7 cm³/mol. The number of benzene rings is 2. The van der Waals surface area contributed by atoms with Gasteiger partial charge < -0.3 is 10.1 Å². The third-order valence-electron chi connectivity index (χ3n) is 4.32. The maximum absolute atomic E-state index is 12.5. The molecule has 1 amide bonds. The second-order valence-corrected chi connectivity index (χ2v) is 6.31. The first-order valence-corrected chi connectivity index (χ1v) is 8.32. The van der Waals surface area contributed by atoms with Crippen LogP contribution in [0.3, 0.4) is 0 Å². The summed E-state index contributed by atoms with van der Waals surface area (Å²) in [7, 11) is 1.55. The van der Waals surface area contributed by atoms with E-state index in [9.17, 15) is 14.9 Å². The molecule has 2 aromatic rings. The van der Waals surface area contributed by atoms with Crippen LogP contribution in [0, 0.1) is 10.1 Å². The molecule has 6 nitrogen and oxygen atoms in total. The molecule has 0 saturated carbocycles. The van der Waals surface area contributed by atoms with Crippen molar-refractivity contribution in [1.82, 2.24) is 0 Å². The maximum Gasteiger partial charge on any atom is 0.288 e. The lowest BCUT2D eigenvalue weighted by atomic mass is 9.91. The molecule has 0 fully saturated rings. The molecule has 25 heavy (non-hydrogen) atoms. The molecular weight excluding hydrogens is 344 g/mol. The number of carbonyl (C=O) groups is 1. The van der Waals surface area contributed by atoms with Crippen LogP contribution in [0.5, 0.6) is 5.75 Å². The lowest BCUT2D eigenvalue weighted by Crippen LogP contribution is -2.14. The molecule has 1 aliphatic rings. The fraction of sp³-hybridized carbons (Fsp3) is 0.278. The van der Waals surface area contributed by atoms with Crippen LogP contribution in [0.15, 0.2) is 30.3 Å². The van der Waals surface area contributed by atoms with E-state index >= 15 is 0 Å². The number of ether oxygens (including phenoxy) is 1. The number of aryl methyl sites for hydroxylation is 2. The average Bonchev–Trinajstić information content (AvgIpc) is 2.61. The first kappa shape index (κ1) is 17.2. The van der Waals surface area contributed by atoms with Crippen LogP contribution in [0.25, 0.3) is 0 Å². The summed E-state index contributed by atoms with van der Waals surface area (Å²) in [5.74, 6) is 0.131. The summed E-state index contributed by atoms with van der Waals surface area (Å²) in [6.45, 7) is 0. The van der Waals surface area contributed by atoms with Gasteiger partial charge in [-0.3, -0.25) is 14.9 Å². The number of nitrogens with zero attached hydrogens (tertiary/aromatic N) is 1. The third kappa shape index (κ3) is 3.58. The molecule has 130 valence electrons. The first-order chi connectivity index (χ1) is 12.0. The number of nitro benzene ring substituents is 1. The number of nitro groups is 1. The Morgan fingerprint density at radius 2 is 1.88 bits per heavy atom. The van der Waals surface area contributed by atoms with Crippen molar-refractivity contribution in [2.24, 2.45) is 0 Å². The molecule has 0 bridgehead atoms. The van der Waals surface area contributed by atoms with E-state index in [4.69, 9.17) is 16.3 Å². The normalized spacial score (nSPS) is 13.0. The van der Waals surface area contributed by atoms with Gasteiger partial charge in [-0.25, -0.2) is 0 Å². The molecule has 0 aromatic heterocycles. The summed E-state index contributed by atoms with van der Waals surface area (Å²) in [6.07, 6.45) is 4.24. The van der Waals surface area contributed by atoms with Crippen LogP contribution in [-0.2, 0) is 12.8 Å². The Bertz CT molecular complexity index is 851. The zero-order chi connectivity index (χ0) is 18.0. The van der Waals surface area contributed by atoms with Gasteiger partial charge in [-0.15, -0.1) is 0 Å². The van der Waals surface area contributed by atoms with Gasteiger partial charge in [-0.1, -0.05) is 11.6 Å². The third-order valence-corrected chi connectivity index (χ3v) is 4.64. The molecule has 0 heterocycles. The summed E-state index contributed by atoms with van der Waals surface area (Å²) in [6, 6.07) is 7.85. The van der Waals surface area contributed by atoms with E-state index in [-0.39, 0.29) is 16.3 Å². The van der Waals surface area contributed by atoms with Crippen molar-refractivity contribution >= 4 is 28.9 Å². The van der Waals surface area contributed by atoms with E-state index in [0.29, 0.717) is 11.4 Å². The van der Waals surface area contributed by atoms with Gasteiger partial charge in [0.25, 0.3) is 11.6 Å². The highest BCUT2D eigenvalue weighted by Gasteiger charge is 2.19. The molecule has 0 spiro atoms. The van der Waals surface area contributed by atoms with Gasteiger partial charge >= 0.3 is 0 Å². The second kappa shape index (κ2) is 7.11. The van der Waals surface area contributed by atoms with Gasteiger partial charge in [-0.2, -0.15) is 0 Å². The number of rotatable bonds is 4. The van der Waals surface area contributed by atoms with Gasteiger partial charge in [0.1, 0.15) is 10.8 Å². The Morgan fingerprint density at radius 1 is 1.20 bits per heavy atom. The van der Waals surface area contributed by atoms with Crippen molar-refractivity contribution in [3.63, 3.8) is 0 Å². The second-order valence-electron chi connectivity index (χ2n) is 5.91. The summed E-state index contributed by atoms with van der Waals surface area (Å²) >= 11 is 5.79. The topological polar surface area (TPSA) is 81.5 Å². The van der Waals surface area contributed by atoms with Crippen molar-refractivity contribution in [3.8, 4) is 5.75 Å². The smallest absolute Gasteiger partial charge is 0.288 e. The van der Waals surface area contributed by atoms with Gasteiger partial charge in [0, 0.05) is 11.6 Å². The zero-order valence-corrected chi connectivity index (χ0v) is 14.4. The van der Waals surface area contributed by atoms with Gasteiger partial charge in [0.2, 0.25) is 0 Å². The first-order valence-electron chi connectivity index (χ1n) is 7.94. The number of carbonyl (C=O) groups excluding carboxylic acids is 1. The van der Waals surface area contributed by atoms with Gasteiger partial charge in [0.05, 0.1) is 17.7 Å². The molecular formula is C18H17ClN2O4. The number of fused-ring (bicyclic) bond motifs is 1. The number of halogens is 1. The highest BCUT2D eigenvalue weighted by molar-refractivity contribution is 6.32. The maximum atomic E-state index is 12.5. The summed E-state index contributed by atoms with van der Waals surface area (Å²) in [4.78, 5) is 22.9. The monoisotopic (exact) mass is 360 g/mol. The van der Waals surface area contributed by atoms with Crippen molar-refractivity contribution < 1.29 is 14.5 Å². The Balaban J connectivity index is 1.90. The van der Waals surface area contributed by atoms with Crippen molar-refractivity contribution in [1.29, 1.82) is 0 Å². The highest BCUT2D eigenvalue weighted by Crippen LogP contribution is 2.33. The number of hydrogen-bond acceptors (Lipinski definition) is 4. The van der Waals surface area contributed by atoms with E-state index in [1.807, 2.05) is 12.1 Å². The Kier molecular flexibility index (Phi) is 4.90. The molecule has 2 aromatic carbocycles. The van der Waals surface area contributed by atoms with Crippen molar-refractivity contribution in [2.45, 2.75) is 25.7 Å². The molecule has 7 heteroatoms. The number of amides is 1. The highest BCUT2D eigenvalue weighted by atomic mass is 35.5. The van der Waals surface area contributed by atoms with Crippen molar-refractivity contribution in [3.05, 3.63) is 62.2 Å². The number of anilines is 1. The summed E-state index contributed by atoms with van der Waals surface area (Å²) in [5.41, 5.74) is 2.86. The average molecular weight is 361 g/mol. The van der Waals surface area contributed by atoms with Crippen molar-refractivity contribution in [2.75, 3.05) is 12.4 Å². The van der Waals surface area contributed by atoms with Gasteiger partial charge in [-0.05, 0) is 61.1 Å². The molecule has 0 aliphatic heterocycles. The van der Waals surface area contributed by atoms with Crippen LogP contribution >= 0.6 is 11.6 Å². The SMILES string of the molecule is COc1cc2c(cc1NC(=O)c1ccc(Cl)c([N+](=O)[O-])c1)CCCC2. The fourth-order valence-corrected chi connectivity index (χ4v) is 3.20. The molecule has 3 rings (SSSR count). The van der Waals surface area contributed by atoms with E-state index in [0.717, 1.165) is 25.7 Å². The minimum Gasteiger partial charge on any atom is -0.495 e. The molecule has 1 aliphatic carbocycles. The number of hydrogen-bond donors (Lipinski definition) is 1. The molecule has 0 radical (unpaired) electrons. The molecule has 1 N–H and O–H groups in total. The minimum atomic E-state index is -0.613. The van der Waals surface area contributed by atoms with Gasteiger partial charge in [0.15, 0.2) is 0 Å². The Labute approximate surface area is 149 Å². The van der Waals surface area contributed by atoms with E-state index in [1.165, 1.54) is 29.3 Å². The quantitative estimate of drug-likeness (QED) is 0.647. The number of nitrogens with one attached hydrogen (secondary N) is 1. The molecule has 0 unspecified atom stereocenters. The lowest BCUT2D eigenvalue weighted by molar-refractivity contribution is -0.384. The standard InChI is InChI=1S/C18H17ClN2O4/c1-25-17-10-12-5-3-2-4-11(12)8-15(17)20-18(22)13-6-7-14(19)16(9-13)21(23)24/h6-10H,2-5H2,1H3,(H,20,22). The Hall–Kier alpha value is -2.60. The van der Waals surface area contributed by atoms with Crippen LogP contribution in [0.1, 0.15) is 34.3 Å². The van der Waals surface area contributed by atoms with Crippen LogP contribution in [-0.4, -0.2) is 17.9 Å². The lowest BCUT2D eigenvalue weighted by Gasteiger charge is -2.19. The van der Waals surface area contributed by atoms with E-state index in [1.54, 1.807) is 7.11 Å². The predicted octanol–water partition coefficient (Wildman–Crippen LogP) is 4.39. The molecule has 0 saturated heterocycles. The van der Waals surface area contributed by atoms with E-state index < -0.39 is 10.8 Å². The summed E-state index contributed by atoms with van der Waals surface area (Å²) < 4.78 is 5.39. The largest absolute Gasteiger partial charge is 0.495 e. The minimum absolute atomic E-state index is 0.00656. The van der Waals surface area contributed by atoms with Crippen LogP contribution in [0.4, 0.5) is 11.4 Å². The Morgan fingerprint density at radius 3 is 2.52 bits per heavy atom. The van der Waals surface area contributed by atoms with E-state index in [2.05, 4.69) is 5.32 Å². The van der Waals surface area contributed by atoms with Crippen LogP contribution < -0.4 is 10.1 Å². The fourth-order valence-electron chi connectivity index (χ4n) is 3.02. The summed E-state index contributed by atoms with van der Waals surface area (Å²) in [5, 5.41) is 13.8. The van der Waals surface area contributed by atoms with Crippen LogP contribution in [0.2, 0.25) is 5.02 Å². The molecule has 0 atom stereocenters. The zero-order valence-electron chi connectivity index (χ0n) is 13.7. The number of methoxy groups -OCH3 is 1.